The molecule has 0 saturated carbocycles. The molecule has 0 aliphatic heterocycles. The minimum absolute atomic E-state index is 0.0243. The van der Waals surface area contributed by atoms with Crippen LogP contribution in [0.5, 0.6) is 0 Å². The molecule has 0 bridgehead atoms. The van der Waals surface area contributed by atoms with E-state index in [1.807, 2.05) is 6.07 Å². The molecule has 33 heavy (non-hydrogen) atoms. The summed E-state index contributed by atoms with van der Waals surface area (Å²) in [5.74, 6) is -0.435. The monoisotopic (exact) mass is 462 g/mol. The molecule has 1 heterocycles. The van der Waals surface area contributed by atoms with E-state index in [1.165, 1.54) is 24.5 Å². The van der Waals surface area contributed by atoms with Gasteiger partial charge in [0, 0.05) is 11.8 Å². The van der Waals surface area contributed by atoms with Crippen molar-refractivity contribution in [2.75, 3.05) is 11.1 Å². The highest BCUT2D eigenvalue weighted by atomic mass is 32.2. The number of para-hydroxylation sites is 1. The maximum absolute atomic E-state index is 12.3. The van der Waals surface area contributed by atoms with Crippen molar-refractivity contribution >= 4 is 41.0 Å². The molecule has 0 saturated heterocycles. The summed E-state index contributed by atoms with van der Waals surface area (Å²) < 4.78 is 5.12. The van der Waals surface area contributed by atoms with Crippen LogP contribution >= 0.6 is 11.8 Å². The van der Waals surface area contributed by atoms with Gasteiger partial charge in [-0.1, -0.05) is 24.3 Å². The van der Waals surface area contributed by atoms with E-state index < -0.39 is 10.8 Å². The van der Waals surface area contributed by atoms with E-state index in [9.17, 15) is 25.0 Å². The first-order chi connectivity index (χ1) is 16.0. The zero-order chi connectivity index (χ0) is 23.6. The van der Waals surface area contributed by atoms with Gasteiger partial charge in [0.1, 0.15) is 17.4 Å². The standard InChI is InChI=1S/C23H18N4O5S/c24-13-17(23(29)25-14-19-7-4-10-32-19)11-16-8-9-21(20(12-16)27(30)31)33-15-22(28)26-18-5-2-1-3-6-18/h1-12H,14-15H2,(H,25,29)(H,26,28)/b17-11+. The lowest BCUT2D eigenvalue weighted by Crippen LogP contribution is -2.23. The van der Waals surface area contributed by atoms with Crippen LogP contribution in [-0.2, 0) is 16.1 Å². The number of furan rings is 1. The first kappa shape index (κ1) is 23.3. The van der Waals surface area contributed by atoms with Gasteiger partial charge in [0.25, 0.3) is 11.6 Å². The molecule has 3 rings (SSSR count). The second-order valence-corrected chi connectivity index (χ2v) is 7.64. The average Bonchev–Trinajstić information content (AvgIpc) is 3.34. The summed E-state index contributed by atoms with van der Waals surface area (Å²) in [5, 5.41) is 26.1. The highest BCUT2D eigenvalue weighted by Gasteiger charge is 2.17. The fourth-order valence-electron chi connectivity index (χ4n) is 2.74. The molecule has 2 aromatic carbocycles. The van der Waals surface area contributed by atoms with Crippen LogP contribution in [0.3, 0.4) is 0 Å². The van der Waals surface area contributed by atoms with Gasteiger partial charge in [0.15, 0.2) is 0 Å². The molecule has 2 amide bonds. The highest BCUT2D eigenvalue weighted by Crippen LogP contribution is 2.31. The largest absolute Gasteiger partial charge is 0.467 e. The van der Waals surface area contributed by atoms with Crippen molar-refractivity contribution in [3.63, 3.8) is 0 Å². The number of nitriles is 1. The molecule has 0 radical (unpaired) electrons. The third-order valence-electron chi connectivity index (χ3n) is 4.28. The van der Waals surface area contributed by atoms with Gasteiger partial charge in [-0.15, -0.1) is 11.8 Å². The van der Waals surface area contributed by atoms with Crippen molar-refractivity contribution in [3.05, 3.63) is 93.9 Å². The number of nitro benzene ring substituents is 1. The summed E-state index contributed by atoms with van der Waals surface area (Å²) in [6, 6.07) is 18.3. The van der Waals surface area contributed by atoms with E-state index in [0.717, 1.165) is 11.8 Å². The van der Waals surface area contributed by atoms with Gasteiger partial charge in [-0.2, -0.15) is 5.26 Å². The molecule has 3 aromatic rings. The molecule has 9 nitrogen and oxygen atoms in total. The first-order valence-electron chi connectivity index (χ1n) is 9.65. The van der Waals surface area contributed by atoms with Crippen LogP contribution in [0, 0.1) is 21.4 Å². The molecule has 0 atom stereocenters. The molecule has 1 aromatic heterocycles. The summed E-state index contributed by atoms with van der Waals surface area (Å²) >= 11 is 1.02. The van der Waals surface area contributed by atoms with E-state index in [1.54, 1.807) is 48.5 Å². The molecular formula is C23H18N4O5S. The Hall–Kier alpha value is -4.36. The van der Waals surface area contributed by atoms with Gasteiger partial charge in [0.05, 0.1) is 28.4 Å². The van der Waals surface area contributed by atoms with E-state index in [4.69, 9.17) is 4.42 Å². The van der Waals surface area contributed by atoms with Crippen LogP contribution in [0.2, 0.25) is 0 Å². The van der Waals surface area contributed by atoms with Crippen LogP contribution in [0.25, 0.3) is 6.08 Å². The number of thioether (sulfide) groups is 1. The average molecular weight is 462 g/mol. The Labute approximate surface area is 193 Å². The number of nitrogens with one attached hydrogen (secondary N) is 2. The number of rotatable bonds is 9. The molecule has 166 valence electrons. The van der Waals surface area contributed by atoms with Crippen LogP contribution in [0.1, 0.15) is 11.3 Å². The minimum atomic E-state index is -0.632. The van der Waals surface area contributed by atoms with Gasteiger partial charge in [0.2, 0.25) is 5.91 Å². The molecule has 10 heteroatoms. The third kappa shape index (κ3) is 6.81. The Morgan fingerprint density at radius 3 is 2.61 bits per heavy atom. The fourth-order valence-corrected chi connectivity index (χ4v) is 3.55. The van der Waals surface area contributed by atoms with E-state index >= 15 is 0 Å². The van der Waals surface area contributed by atoms with Gasteiger partial charge in [-0.25, -0.2) is 0 Å². The van der Waals surface area contributed by atoms with Crippen LogP contribution < -0.4 is 10.6 Å². The topological polar surface area (TPSA) is 138 Å². The quantitative estimate of drug-likeness (QED) is 0.160. The van der Waals surface area contributed by atoms with Gasteiger partial charge >= 0.3 is 0 Å². The number of hydrogen-bond donors (Lipinski definition) is 2. The van der Waals surface area contributed by atoms with Crippen molar-refractivity contribution in [2.24, 2.45) is 0 Å². The van der Waals surface area contributed by atoms with E-state index in [0.29, 0.717) is 21.9 Å². The summed E-state index contributed by atoms with van der Waals surface area (Å²) in [7, 11) is 0. The fraction of sp³-hybridized carbons (Fsp3) is 0.0870. The second kappa shape index (κ2) is 11.3. The Bertz CT molecular complexity index is 1220. The second-order valence-electron chi connectivity index (χ2n) is 6.62. The lowest BCUT2D eigenvalue weighted by molar-refractivity contribution is -0.387. The third-order valence-corrected chi connectivity index (χ3v) is 5.34. The number of nitrogens with zero attached hydrogens (tertiary/aromatic N) is 2. The van der Waals surface area contributed by atoms with Crippen molar-refractivity contribution in [1.82, 2.24) is 5.32 Å². The van der Waals surface area contributed by atoms with E-state index in [2.05, 4.69) is 10.6 Å². The molecule has 0 aliphatic carbocycles. The number of carbonyl (C=O) groups is 2. The molecule has 2 N–H and O–H groups in total. The predicted octanol–water partition coefficient (Wildman–Crippen LogP) is 4.14. The zero-order valence-corrected chi connectivity index (χ0v) is 18.0. The van der Waals surface area contributed by atoms with Gasteiger partial charge in [-0.3, -0.25) is 19.7 Å². The highest BCUT2D eigenvalue weighted by molar-refractivity contribution is 8.00. The molecule has 0 fully saturated rings. The SMILES string of the molecule is N#C/C(=C\c1ccc(SCC(=O)Nc2ccccc2)c([N+](=O)[O-])c1)C(=O)NCc1ccco1. The normalized spacial score (nSPS) is 10.8. The van der Waals surface area contributed by atoms with Crippen molar-refractivity contribution in [3.8, 4) is 6.07 Å². The number of amides is 2. The maximum Gasteiger partial charge on any atom is 0.283 e. The molecule has 0 spiro atoms. The Morgan fingerprint density at radius 1 is 1.15 bits per heavy atom. The number of nitro groups is 1. The lowest BCUT2D eigenvalue weighted by atomic mass is 10.1. The number of carbonyl (C=O) groups excluding carboxylic acids is 2. The van der Waals surface area contributed by atoms with Crippen LogP contribution in [0.4, 0.5) is 11.4 Å². The molecule has 0 aliphatic rings. The van der Waals surface area contributed by atoms with Crippen molar-refractivity contribution < 1.29 is 18.9 Å². The first-order valence-corrected chi connectivity index (χ1v) is 10.6. The Morgan fingerprint density at radius 2 is 1.94 bits per heavy atom. The summed E-state index contributed by atoms with van der Waals surface area (Å²) in [6.07, 6.45) is 2.73. The van der Waals surface area contributed by atoms with E-state index in [-0.39, 0.29) is 29.5 Å². The Kier molecular flexibility index (Phi) is 7.99. The Balaban J connectivity index is 1.69. The number of benzene rings is 2. The summed E-state index contributed by atoms with van der Waals surface area (Å²) in [4.78, 5) is 35.7. The van der Waals surface area contributed by atoms with Crippen LogP contribution in [-0.4, -0.2) is 22.5 Å². The van der Waals surface area contributed by atoms with Gasteiger partial charge in [-0.05, 0) is 42.0 Å². The van der Waals surface area contributed by atoms with Crippen molar-refractivity contribution in [1.29, 1.82) is 5.26 Å². The van der Waals surface area contributed by atoms with Gasteiger partial charge < -0.3 is 15.1 Å². The number of anilines is 1. The predicted molar refractivity (Wildman–Crippen MR) is 123 cm³/mol. The smallest absolute Gasteiger partial charge is 0.283 e. The molecule has 0 unspecified atom stereocenters. The zero-order valence-electron chi connectivity index (χ0n) is 17.2. The minimum Gasteiger partial charge on any atom is -0.467 e. The van der Waals surface area contributed by atoms with Crippen LogP contribution in [0.15, 0.2) is 81.8 Å². The lowest BCUT2D eigenvalue weighted by Gasteiger charge is -2.06. The molecular weight excluding hydrogens is 444 g/mol. The summed E-state index contributed by atoms with van der Waals surface area (Å²) in [5.41, 5.74) is 0.505. The summed E-state index contributed by atoms with van der Waals surface area (Å²) in [6.45, 7) is 0.103. The maximum atomic E-state index is 12.3. The van der Waals surface area contributed by atoms with Crippen molar-refractivity contribution in [2.45, 2.75) is 11.4 Å². The number of hydrogen-bond acceptors (Lipinski definition) is 7.